The smallest absolute Gasteiger partial charge is 0.0997 e. The molecule has 0 fully saturated rings. The van der Waals surface area contributed by atoms with Gasteiger partial charge in [-0.1, -0.05) is 5.21 Å². The van der Waals surface area contributed by atoms with Crippen molar-refractivity contribution in [1.29, 1.82) is 0 Å². The molecule has 16 heavy (non-hydrogen) atoms. The second kappa shape index (κ2) is 5.96. The maximum absolute atomic E-state index is 5.03. The van der Waals surface area contributed by atoms with Gasteiger partial charge in [0.2, 0.25) is 0 Å². The molecule has 90 valence electrons. The fourth-order valence-corrected chi connectivity index (χ4v) is 2.06. The zero-order valence-corrected chi connectivity index (χ0v) is 9.91. The first-order valence-electron chi connectivity index (χ1n) is 6.02. The van der Waals surface area contributed by atoms with Gasteiger partial charge in [0.25, 0.3) is 0 Å². The standard InChI is InChI=1S/C11H20N4O/c1-16-8-4-2-3-7-15-11-5-6-12-9-10(11)13-14-15/h12H,2-9H2,1H3. The Morgan fingerprint density at radius 3 is 3.19 bits per heavy atom. The van der Waals surface area contributed by atoms with Crippen LogP contribution in [0.3, 0.4) is 0 Å². The summed E-state index contributed by atoms with van der Waals surface area (Å²) < 4.78 is 7.10. The molecule has 5 heteroatoms. The molecule has 1 aromatic rings. The van der Waals surface area contributed by atoms with Crippen LogP contribution in [0.1, 0.15) is 30.7 Å². The van der Waals surface area contributed by atoms with Crippen molar-refractivity contribution in [2.24, 2.45) is 0 Å². The van der Waals surface area contributed by atoms with Crippen LogP contribution in [0.2, 0.25) is 0 Å². The molecule has 0 amide bonds. The van der Waals surface area contributed by atoms with Crippen molar-refractivity contribution in [2.45, 2.75) is 38.8 Å². The molecule has 1 aromatic heterocycles. The van der Waals surface area contributed by atoms with Gasteiger partial charge in [0, 0.05) is 39.8 Å². The Kier molecular flexibility index (Phi) is 4.30. The van der Waals surface area contributed by atoms with Crippen molar-refractivity contribution < 1.29 is 4.74 Å². The number of nitrogens with zero attached hydrogens (tertiary/aromatic N) is 3. The van der Waals surface area contributed by atoms with Gasteiger partial charge in [-0.3, -0.25) is 0 Å². The maximum Gasteiger partial charge on any atom is 0.0997 e. The Hall–Kier alpha value is -0.940. The SMILES string of the molecule is COCCCCCn1nnc2c1CCNC2. The van der Waals surface area contributed by atoms with Crippen LogP contribution in [0.4, 0.5) is 0 Å². The van der Waals surface area contributed by atoms with E-state index in [9.17, 15) is 0 Å². The number of unbranched alkanes of at least 4 members (excludes halogenated alkanes) is 2. The molecule has 0 aliphatic carbocycles. The van der Waals surface area contributed by atoms with Gasteiger partial charge < -0.3 is 10.1 Å². The Balaban J connectivity index is 1.78. The summed E-state index contributed by atoms with van der Waals surface area (Å²) in [7, 11) is 1.75. The molecule has 0 saturated heterocycles. The second-order valence-electron chi connectivity index (χ2n) is 4.19. The van der Waals surface area contributed by atoms with E-state index in [2.05, 4.69) is 20.3 Å². The zero-order chi connectivity index (χ0) is 11.2. The fourth-order valence-electron chi connectivity index (χ4n) is 2.06. The van der Waals surface area contributed by atoms with Crippen LogP contribution in [0.15, 0.2) is 0 Å². The van der Waals surface area contributed by atoms with Crippen LogP contribution in [0.5, 0.6) is 0 Å². The zero-order valence-electron chi connectivity index (χ0n) is 9.91. The van der Waals surface area contributed by atoms with Crippen molar-refractivity contribution in [3.8, 4) is 0 Å². The summed E-state index contributed by atoms with van der Waals surface area (Å²) in [6.45, 7) is 3.77. The lowest BCUT2D eigenvalue weighted by Gasteiger charge is -2.13. The van der Waals surface area contributed by atoms with Gasteiger partial charge in [-0.05, 0) is 19.3 Å². The van der Waals surface area contributed by atoms with Gasteiger partial charge in [-0.15, -0.1) is 5.10 Å². The minimum absolute atomic E-state index is 0.861. The summed E-state index contributed by atoms with van der Waals surface area (Å²) >= 11 is 0. The summed E-state index contributed by atoms with van der Waals surface area (Å²) in [6, 6.07) is 0. The van der Waals surface area contributed by atoms with Crippen LogP contribution in [-0.2, 0) is 24.2 Å². The van der Waals surface area contributed by atoms with E-state index in [-0.39, 0.29) is 0 Å². The average molecular weight is 224 g/mol. The quantitative estimate of drug-likeness (QED) is 0.724. The molecule has 0 unspecified atom stereocenters. The normalized spacial score (nSPS) is 15.1. The van der Waals surface area contributed by atoms with Crippen LogP contribution in [0.25, 0.3) is 0 Å². The first kappa shape index (κ1) is 11.5. The third-order valence-electron chi connectivity index (χ3n) is 2.97. The van der Waals surface area contributed by atoms with E-state index >= 15 is 0 Å². The lowest BCUT2D eigenvalue weighted by molar-refractivity contribution is 0.191. The van der Waals surface area contributed by atoms with Crippen LogP contribution in [0, 0.1) is 0 Å². The molecular formula is C11H20N4O. The van der Waals surface area contributed by atoms with E-state index in [0.717, 1.165) is 51.2 Å². The highest BCUT2D eigenvalue weighted by Gasteiger charge is 2.15. The number of rotatable bonds is 6. The van der Waals surface area contributed by atoms with E-state index in [0.29, 0.717) is 0 Å². The molecular weight excluding hydrogens is 204 g/mol. The van der Waals surface area contributed by atoms with Crippen LogP contribution < -0.4 is 5.32 Å². The van der Waals surface area contributed by atoms with Gasteiger partial charge in [0.1, 0.15) is 0 Å². The molecule has 0 aromatic carbocycles. The Labute approximate surface area is 96.2 Å². The number of nitrogens with one attached hydrogen (secondary N) is 1. The van der Waals surface area contributed by atoms with E-state index < -0.39 is 0 Å². The van der Waals surface area contributed by atoms with Gasteiger partial charge in [-0.25, -0.2) is 4.68 Å². The predicted molar refractivity (Wildman–Crippen MR) is 61.2 cm³/mol. The number of hydrogen-bond donors (Lipinski definition) is 1. The Morgan fingerprint density at radius 2 is 2.31 bits per heavy atom. The summed E-state index contributed by atoms with van der Waals surface area (Å²) in [5.74, 6) is 0. The van der Waals surface area contributed by atoms with Crippen molar-refractivity contribution in [3.05, 3.63) is 11.4 Å². The van der Waals surface area contributed by atoms with Crippen molar-refractivity contribution in [3.63, 3.8) is 0 Å². The highest BCUT2D eigenvalue weighted by atomic mass is 16.5. The summed E-state index contributed by atoms with van der Waals surface area (Å²) in [5, 5.41) is 11.7. The average Bonchev–Trinajstić information content (AvgIpc) is 2.73. The van der Waals surface area contributed by atoms with Crippen molar-refractivity contribution in [1.82, 2.24) is 20.3 Å². The lowest BCUT2D eigenvalue weighted by atomic mass is 10.2. The van der Waals surface area contributed by atoms with Crippen molar-refractivity contribution >= 4 is 0 Å². The largest absolute Gasteiger partial charge is 0.385 e. The molecule has 1 N–H and O–H groups in total. The summed E-state index contributed by atoms with van der Waals surface area (Å²) in [5.41, 5.74) is 2.45. The van der Waals surface area contributed by atoms with E-state index in [1.165, 1.54) is 12.1 Å². The molecule has 0 saturated carbocycles. The van der Waals surface area contributed by atoms with Gasteiger partial charge in [-0.2, -0.15) is 0 Å². The van der Waals surface area contributed by atoms with E-state index in [1.807, 2.05) is 0 Å². The number of fused-ring (bicyclic) bond motifs is 1. The number of aryl methyl sites for hydroxylation is 1. The maximum atomic E-state index is 5.03. The second-order valence-corrected chi connectivity index (χ2v) is 4.19. The minimum Gasteiger partial charge on any atom is -0.385 e. The highest BCUT2D eigenvalue weighted by Crippen LogP contribution is 2.11. The first-order valence-corrected chi connectivity index (χ1v) is 6.02. The molecule has 0 atom stereocenters. The summed E-state index contributed by atoms with van der Waals surface area (Å²) in [4.78, 5) is 0. The van der Waals surface area contributed by atoms with Crippen LogP contribution >= 0.6 is 0 Å². The van der Waals surface area contributed by atoms with E-state index in [4.69, 9.17) is 4.74 Å². The van der Waals surface area contributed by atoms with Crippen LogP contribution in [-0.4, -0.2) is 35.3 Å². The Morgan fingerprint density at radius 1 is 1.38 bits per heavy atom. The third-order valence-corrected chi connectivity index (χ3v) is 2.97. The van der Waals surface area contributed by atoms with Gasteiger partial charge in [0.05, 0.1) is 11.4 Å². The molecule has 0 radical (unpaired) electrons. The van der Waals surface area contributed by atoms with E-state index in [1.54, 1.807) is 7.11 Å². The topological polar surface area (TPSA) is 52.0 Å². The number of hydrogen-bond acceptors (Lipinski definition) is 4. The van der Waals surface area contributed by atoms with Gasteiger partial charge in [0.15, 0.2) is 0 Å². The predicted octanol–water partition coefficient (Wildman–Crippen LogP) is 0.740. The lowest BCUT2D eigenvalue weighted by Crippen LogP contribution is -2.25. The number of methoxy groups -OCH3 is 1. The molecule has 2 rings (SSSR count). The monoisotopic (exact) mass is 224 g/mol. The van der Waals surface area contributed by atoms with Gasteiger partial charge >= 0.3 is 0 Å². The molecule has 5 nitrogen and oxygen atoms in total. The molecule has 2 heterocycles. The molecule has 1 aliphatic heterocycles. The first-order chi connectivity index (χ1) is 7.92. The van der Waals surface area contributed by atoms with Crippen molar-refractivity contribution in [2.75, 3.05) is 20.3 Å². The molecule has 0 spiro atoms. The fraction of sp³-hybridized carbons (Fsp3) is 0.818. The summed E-state index contributed by atoms with van der Waals surface area (Å²) in [6.07, 6.45) is 4.54. The Bertz CT molecular complexity index is 324. The minimum atomic E-state index is 0.861. The number of aromatic nitrogens is 3. The molecule has 1 aliphatic rings. The highest BCUT2D eigenvalue weighted by molar-refractivity contribution is 5.13. The molecule has 0 bridgehead atoms. The third kappa shape index (κ3) is 2.80. The number of ether oxygens (including phenoxy) is 1.